The maximum absolute atomic E-state index is 13.1. The number of amides is 3. The standard InChI is InChI=1S/C21H29N3O6/c1-4-9-22-21(27)23-13-5-8-17-15(10-13)20(26)24(2)16-7-6-14(11-19(25)28-3)30-18(16)12-29-17/h5,8,10,14,16,18H,4,6-7,9,11-12H2,1-3H3,(H2,22,23,27)/t14-,16-,18-/m1/s1. The third kappa shape index (κ3) is 5.02. The number of urea groups is 1. The van der Waals surface area contributed by atoms with Gasteiger partial charge in [0.25, 0.3) is 5.91 Å². The van der Waals surface area contributed by atoms with E-state index in [0.717, 1.165) is 6.42 Å². The van der Waals surface area contributed by atoms with Gasteiger partial charge in [0, 0.05) is 19.3 Å². The zero-order chi connectivity index (χ0) is 21.7. The van der Waals surface area contributed by atoms with Crippen LogP contribution in [-0.2, 0) is 14.3 Å². The van der Waals surface area contributed by atoms with Crippen molar-refractivity contribution in [2.45, 2.75) is 50.9 Å². The molecule has 1 fully saturated rings. The number of nitrogens with one attached hydrogen (secondary N) is 2. The number of ether oxygens (including phenoxy) is 3. The van der Waals surface area contributed by atoms with E-state index >= 15 is 0 Å². The number of hydrogen-bond acceptors (Lipinski definition) is 6. The number of hydrogen-bond donors (Lipinski definition) is 2. The molecule has 2 heterocycles. The van der Waals surface area contributed by atoms with Crippen molar-refractivity contribution in [3.05, 3.63) is 23.8 Å². The molecule has 1 saturated heterocycles. The van der Waals surface area contributed by atoms with Gasteiger partial charge in [-0.15, -0.1) is 0 Å². The van der Waals surface area contributed by atoms with E-state index in [1.54, 1.807) is 30.1 Å². The summed E-state index contributed by atoms with van der Waals surface area (Å²) in [6.45, 7) is 2.80. The first-order chi connectivity index (χ1) is 14.4. The minimum Gasteiger partial charge on any atom is -0.490 e. The molecule has 0 saturated carbocycles. The number of rotatable bonds is 5. The molecule has 0 unspecified atom stereocenters. The Balaban J connectivity index is 1.74. The van der Waals surface area contributed by atoms with Gasteiger partial charge in [0.1, 0.15) is 18.5 Å². The highest BCUT2D eigenvalue weighted by Gasteiger charge is 2.39. The lowest BCUT2D eigenvalue weighted by molar-refractivity contribution is -0.151. The Morgan fingerprint density at radius 1 is 1.30 bits per heavy atom. The van der Waals surface area contributed by atoms with Crippen molar-refractivity contribution in [1.29, 1.82) is 0 Å². The van der Waals surface area contributed by atoms with Crippen molar-refractivity contribution in [3.63, 3.8) is 0 Å². The average Bonchev–Trinajstić information content (AvgIpc) is 2.75. The van der Waals surface area contributed by atoms with Crippen LogP contribution in [0.5, 0.6) is 5.75 Å². The molecule has 0 spiro atoms. The molecule has 3 amide bonds. The summed E-state index contributed by atoms with van der Waals surface area (Å²) in [5.74, 6) is -0.0844. The van der Waals surface area contributed by atoms with Crippen LogP contribution in [-0.4, -0.2) is 68.4 Å². The molecule has 0 radical (unpaired) electrons. The van der Waals surface area contributed by atoms with E-state index in [4.69, 9.17) is 14.2 Å². The van der Waals surface area contributed by atoms with Crippen LogP contribution < -0.4 is 15.4 Å². The Bertz CT molecular complexity index is 799. The van der Waals surface area contributed by atoms with Gasteiger partial charge in [0.05, 0.1) is 31.2 Å². The predicted octanol–water partition coefficient (Wildman–Crippen LogP) is 2.16. The zero-order valence-electron chi connectivity index (χ0n) is 17.6. The first-order valence-corrected chi connectivity index (χ1v) is 10.2. The molecule has 0 bridgehead atoms. The molecule has 3 rings (SSSR count). The largest absolute Gasteiger partial charge is 0.490 e. The van der Waals surface area contributed by atoms with Crippen molar-refractivity contribution >= 4 is 23.6 Å². The second-order valence-electron chi connectivity index (χ2n) is 7.54. The van der Waals surface area contributed by atoms with E-state index in [1.165, 1.54) is 7.11 Å². The van der Waals surface area contributed by atoms with Gasteiger partial charge < -0.3 is 29.7 Å². The van der Waals surface area contributed by atoms with Gasteiger partial charge >= 0.3 is 12.0 Å². The molecule has 2 N–H and O–H groups in total. The predicted molar refractivity (Wildman–Crippen MR) is 110 cm³/mol. The van der Waals surface area contributed by atoms with E-state index in [2.05, 4.69) is 10.6 Å². The molecule has 164 valence electrons. The second-order valence-corrected chi connectivity index (χ2v) is 7.54. The highest BCUT2D eigenvalue weighted by Crippen LogP contribution is 2.32. The Kier molecular flexibility index (Phi) is 7.15. The molecule has 1 aromatic carbocycles. The average molecular weight is 419 g/mol. The maximum atomic E-state index is 13.1. The summed E-state index contributed by atoms with van der Waals surface area (Å²) in [5.41, 5.74) is 0.906. The van der Waals surface area contributed by atoms with E-state index in [-0.39, 0.29) is 49.2 Å². The van der Waals surface area contributed by atoms with E-state index in [0.29, 0.717) is 36.4 Å². The fourth-order valence-electron chi connectivity index (χ4n) is 3.79. The van der Waals surface area contributed by atoms with Crippen LogP contribution in [0.15, 0.2) is 18.2 Å². The topological polar surface area (TPSA) is 106 Å². The molecule has 2 aliphatic heterocycles. The molecule has 2 aliphatic rings. The van der Waals surface area contributed by atoms with E-state index in [1.807, 2.05) is 6.92 Å². The van der Waals surface area contributed by atoms with Gasteiger partial charge in [0.15, 0.2) is 0 Å². The van der Waals surface area contributed by atoms with E-state index in [9.17, 15) is 14.4 Å². The Morgan fingerprint density at radius 2 is 2.10 bits per heavy atom. The molecule has 1 aromatic rings. The van der Waals surface area contributed by atoms with Crippen LogP contribution in [0.3, 0.4) is 0 Å². The van der Waals surface area contributed by atoms with Crippen LogP contribution in [0.4, 0.5) is 10.5 Å². The lowest BCUT2D eigenvalue weighted by Crippen LogP contribution is -2.53. The number of carbonyl (C=O) groups is 3. The highest BCUT2D eigenvalue weighted by molar-refractivity contribution is 5.99. The number of anilines is 1. The minimum atomic E-state index is -0.340. The molecule has 9 nitrogen and oxygen atoms in total. The molecule has 0 aromatic heterocycles. The normalized spacial score (nSPS) is 23.2. The smallest absolute Gasteiger partial charge is 0.319 e. The van der Waals surface area contributed by atoms with Crippen molar-refractivity contribution in [2.24, 2.45) is 0 Å². The summed E-state index contributed by atoms with van der Waals surface area (Å²) in [6.07, 6.45) is 1.78. The number of methoxy groups -OCH3 is 1. The fourth-order valence-corrected chi connectivity index (χ4v) is 3.79. The summed E-state index contributed by atoms with van der Waals surface area (Å²) >= 11 is 0. The van der Waals surface area contributed by atoms with Crippen molar-refractivity contribution in [2.75, 3.05) is 32.6 Å². The molecule has 9 heteroatoms. The number of esters is 1. The summed E-state index contributed by atoms with van der Waals surface area (Å²) in [6, 6.07) is 4.51. The Hall–Kier alpha value is -2.81. The Labute approximate surface area is 176 Å². The number of benzene rings is 1. The molecular weight excluding hydrogens is 390 g/mol. The molecule has 0 aliphatic carbocycles. The van der Waals surface area contributed by atoms with Crippen LogP contribution in [0, 0.1) is 0 Å². The van der Waals surface area contributed by atoms with Gasteiger partial charge in [-0.2, -0.15) is 0 Å². The molecular formula is C21H29N3O6. The van der Waals surface area contributed by atoms with Gasteiger partial charge in [-0.05, 0) is 37.5 Å². The van der Waals surface area contributed by atoms with Crippen LogP contribution in [0.25, 0.3) is 0 Å². The highest BCUT2D eigenvalue weighted by atomic mass is 16.5. The van der Waals surface area contributed by atoms with Crippen molar-refractivity contribution in [1.82, 2.24) is 10.2 Å². The van der Waals surface area contributed by atoms with Crippen LogP contribution in [0.2, 0.25) is 0 Å². The minimum absolute atomic E-state index is 0.163. The van der Waals surface area contributed by atoms with Gasteiger partial charge in [-0.25, -0.2) is 4.79 Å². The maximum Gasteiger partial charge on any atom is 0.319 e. The summed E-state index contributed by atoms with van der Waals surface area (Å²) in [7, 11) is 3.10. The zero-order valence-corrected chi connectivity index (χ0v) is 17.6. The summed E-state index contributed by atoms with van der Waals surface area (Å²) in [4.78, 5) is 38.3. The Morgan fingerprint density at radius 3 is 2.83 bits per heavy atom. The number of fused-ring (bicyclic) bond motifs is 2. The third-order valence-corrected chi connectivity index (χ3v) is 5.43. The van der Waals surface area contributed by atoms with Gasteiger partial charge in [0.2, 0.25) is 0 Å². The SMILES string of the molecule is CCCNC(=O)Nc1ccc2c(c1)C(=O)N(C)[C@@H]1CC[C@H](CC(=O)OC)O[C@@H]1CO2. The first-order valence-electron chi connectivity index (χ1n) is 10.2. The number of carbonyl (C=O) groups excluding carboxylic acids is 3. The molecule has 3 atom stereocenters. The van der Waals surface area contributed by atoms with E-state index < -0.39 is 0 Å². The van der Waals surface area contributed by atoms with Crippen molar-refractivity contribution in [3.8, 4) is 5.75 Å². The monoisotopic (exact) mass is 419 g/mol. The lowest BCUT2D eigenvalue weighted by Gasteiger charge is -2.42. The second kappa shape index (κ2) is 9.80. The quantitative estimate of drug-likeness (QED) is 0.709. The van der Waals surface area contributed by atoms with Crippen LogP contribution in [0.1, 0.15) is 43.0 Å². The number of likely N-dealkylation sites (N-methyl/N-ethyl adjacent to an activating group) is 1. The van der Waals surface area contributed by atoms with Crippen LogP contribution >= 0.6 is 0 Å². The lowest BCUT2D eigenvalue weighted by atomic mass is 9.94. The molecule has 30 heavy (non-hydrogen) atoms. The summed E-state index contributed by atoms with van der Waals surface area (Å²) < 4.78 is 16.7. The van der Waals surface area contributed by atoms with Crippen molar-refractivity contribution < 1.29 is 28.6 Å². The number of nitrogens with zero attached hydrogens (tertiary/aromatic N) is 1. The first kappa shape index (κ1) is 21.9. The third-order valence-electron chi connectivity index (χ3n) is 5.43. The van der Waals surface area contributed by atoms with Gasteiger partial charge in [-0.3, -0.25) is 9.59 Å². The fraction of sp³-hybridized carbons (Fsp3) is 0.571. The van der Waals surface area contributed by atoms with Gasteiger partial charge in [-0.1, -0.05) is 6.92 Å². The summed E-state index contributed by atoms with van der Waals surface area (Å²) in [5, 5.41) is 5.48.